The molecule has 0 unspecified atom stereocenters. The maximum Gasteiger partial charge on any atom is 0.411 e. The van der Waals surface area contributed by atoms with E-state index >= 15 is 0 Å². The van der Waals surface area contributed by atoms with Gasteiger partial charge in [-0.2, -0.15) is 0 Å². The highest BCUT2D eigenvalue weighted by atomic mass is 28.4. The lowest BCUT2D eigenvalue weighted by Crippen LogP contribution is -2.50. The molecule has 1 atom stereocenters. The summed E-state index contributed by atoms with van der Waals surface area (Å²) in [5.41, 5.74) is 1.64. The van der Waals surface area contributed by atoms with E-state index in [0.717, 1.165) is 12.8 Å². The summed E-state index contributed by atoms with van der Waals surface area (Å²) in [5.74, 6) is 0.811. The quantitative estimate of drug-likeness (QED) is 0.176. The third-order valence-electron chi connectivity index (χ3n) is 9.18. The summed E-state index contributed by atoms with van der Waals surface area (Å²) in [7, 11) is -2.78. The van der Waals surface area contributed by atoms with E-state index in [1.54, 1.807) is 19.2 Å². The highest BCUT2D eigenvalue weighted by Gasteiger charge is 2.48. The van der Waals surface area contributed by atoms with E-state index in [1.165, 1.54) is 6.08 Å². The SMILES string of the molecule is C=CCOC(=O)Nc1cc(O[Si](C(C)C)(C(C)C)C(C)C)c(OC)cc1C(=O)N1CCC[C@H]1CO[Si](C)(C)C(C)(C)C. The summed E-state index contributed by atoms with van der Waals surface area (Å²) >= 11 is 0. The van der Waals surface area contributed by atoms with E-state index in [1.807, 2.05) is 4.90 Å². The van der Waals surface area contributed by atoms with Crippen molar-refractivity contribution in [1.29, 1.82) is 0 Å². The van der Waals surface area contributed by atoms with Crippen molar-refractivity contribution in [3.8, 4) is 11.5 Å². The number of benzene rings is 1. The topological polar surface area (TPSA) is 86.3 Å². The maximum atomic E-state index is 14.2. The van der Waals surface area contributed by atoms with Crippen LogP contribution in [0.25, 0.3) is 0 Å². The zero-order valence-electron chi connectivity index (χ0n) is 28.2. The Balaban J connectivity index is 2.56. The molecule has 2 amide bonds. The smallest absolute Gasteiger partial charge is 0.411 e. The molecule has 1 fully saturated rings. The van der Waals surface area contributed by atoms with Gasteiger partial charge in [0, 0.05) is 12.6 Å². The Morgan fingerprint density at radius 1 is 1.07 bits per heavy atom. The number of amides is 2. The zero-order valence-corrected chi connectivity index (χ0v) is 30.2. The van der Waals surface area contributed by atoms with Crippen molar-refractivity contribution in [3.63, 3.8) is 0 Å². The third-order valence-corrected chi connectivity index (χ3v) is 19.7. The monoisotopic (exact) mass is 620 g/mol. The first kappa shape index (κ1) is 35.9. The fraction of sp³-hybridized carbons (Fsp3) is 0.688. The average molecular weight is 621 g/mol. The molecule has 238 valence electrons. The molecular formula is C32H56N2O6Si2. The third kappa shape index (κ3) is 7.99. The van der Waals surface area contributed by atoms with E-state index in [9.17, 15) is 9.59 Å². The van der Waals surface area contributed by atoms with E-state index < -0.39 is 22.7 Å². The minimum Gasteiger partial charge on any atom is -0.540 e. The predicted molar refractivity (Wildman–Crippen MR) is 177 cm³/mol. The van der Waals surface area contributed by atoms with Crippen molar-refractivity contribution in [2.75, 3.05) is 32.2 Å². The van der Waals surface area contributed by atoms with Crippen LogP contribution in [0.3, 0.4) is 0 Å². The lowest BCUT2D eigenvalue weighted by atomic mass is 10.1. The van der Waals surface area contributed by atoms with Gasteiger partial charge in [0.25, 0.3) is 14.2 Å². The number of anilines is 1. The Hall–Kier alpha value is -2.31. The fourth-order valence-electron chi connectivity index (χ4n) is 5.86. The van der Waals surface area contributed by atoms with Crippen molar-refractivity contribution in [2.24, 2.45) is 0 Å². The van der Waals surface area contributed by atoms with Crippen LogP contribution < -0.4 is 14.5 Å². The van der Waals surface area contributed by atoms with Crippen LogP contribution in [0.2, 0.25) is 34.8 Å². The molecule has 1 aliphatic heterocycles. The molecule has 1 aromatic rings. The number of methoxy groups -OCH3 is 1. The first-order valence-corrected chi connectivity index (χ1v) is 20.4. The predicted octanol–water partition coefficient (Wildman–Crippen LogP) is 8.61. The van der Waals surface area contributed by atoms with Crippen LogP contribution in [0.5, 0.6) is 11.5 Å². The summed E-state index contributed by atoms with van der Waals surface area (Å²) in [4.78, 5) is 28.8. The molecule has 0 bridgehead atoms. The lowest BCUT2D eigenvalue weighted by Gasteiger charge is -2.42. The largest absolute Gasteiger partial charge is 0.540 e. The number of rotatable bonds is 13. The van der Waals surface area contributed by atoms with Gasteiger partial charge in [0.05, 0.1) is 31.0 Å². The van der Waals surface area contributed by atoms with Crippen LogP contribution in [0.15, 0.2) is 24.8 Å². The lowest BCUT2D eigenvalue weighted by molar-refractivity contribution is 0.0684. The van der Waals surface area contributed by atoms with Crippen LogP contribution in [0.1, 0.15) is 85.5 Å². The first-order chi connectivity index (χ1) is 19.4. The Morgan fingerprint density at radius 2 is 1.67 bits per heavy atom. The summed E-state index contributed by atoms with van der Waals surface area (Å²) < 4.78 is 24.5. The minimum absolute atomic E-state index is 0.0445. The van der Waals surface area contributed by atoms with Crippen molar-refractivity contribution in [3.05, 3.63) is 30.4 Å². The number of carbonyl (C=O) groups is 2. The molecule has 0 saturated carbocycles. The molecule has 1 aromatic carbocycles. The maximum absolute atomic E-state index is 14.2. The number of hydrogen-bond acceptors (Lipinski definition) is 6. The van der Waals surface area contributed by atoms with Gasteiger partial charge in [0.1, 0.15) is 12.4 Å². The Bertz CT molecular complexity index is 1080. The molecule has 0 spiro atoms. The second-order valence-electron chi connectivity index (χ2n) is 13.8. The number of nitrogens with zero attached hydrogens (tertiary/aromatic N) is 1. The molecule has 42 heavy (non-hydrogen) atoms. The van der Waals surface area contributed by atoms with E-state index in [0.29, 0.717) is 52.5 Å². The van der Waals surface area contributed by atoms with Gasteiger partial charge in [-0.25, -0.2) is 4.79 Å². The number of nitrogens with one attached hydrogen (secondary N) is 1. The van der Waals surface area contributed by atoms with Gasteiger partial charge in [-0.15, -0.1) is 0 Å². The molecule has 0 aromatic heterocycles. The Labute approximate surface area is 256 Å². The molecule has 1 aliphatic rings. The van der Waals surface area contributed by atoms with E-state index in [-0.39, 0.29) is 23.6 Å². The van der Waals surface area contributed by atoms with Gasteiger partial charge < -0.3 is 23.2 Å². The van der Waals surface area contributed by atoms with Gasteiger partial charge in [-0.1, -0.05) is 75.0 Å². The van der Waals surface area contributed by atoms with E-state index in [2.05, 4.69) is 87.3 Å². The highest BCUT2D eigenvalue weighted by molar-refractivity contribution is 6.78. The number of hydrogen-bond donors (Lipinski definition) is 1. The van der Waals surface area contributed by atoms with Crippen LogP contribution in [0.4, 0.5) is 10.5 Å². The fourth-order valence-corrected chi connectivity index (χ4v) is 12.1. The molecular weight excluding hydrogens is 565 g/mol. The van der Waals surface area contributed by atoms with Gasteiger partial charge in [-0.05, 0) is 53.7 Å². The zero-order chi connectivity index (χ0) is 32.0. The number of carbonyl (C=O) groups excluding carboxylic acids is 2. The average Bonchev–Trinajstić information content (AvgIpc) is 3.36. The summed E-state index contributed by atoms with van der Waals surface area (Å²) in [5, 5.41) is 2.88. The minimum atomic E-state index is -2.37. The van der Waals surface area contributed by atoms with Crippen molar-refractivity contribution in [2.45, 2.75) is 116 Å². The van der Waals surface area contributed by atoms with Crippen LogP contribution >= 0.6 is 0 Å². The van der Waals surface area contributed by atoms with E-state index in [4.69, 9.17) is 18.3 Å². The van der Waals surface area contributed by atoms with Gasteiger partial charge >= 0.3 is 6.09 Å². The molecule has 1 saturated heterocycles. The van der Waals surface area contributed by atoms with Crippen LogP contribution in [0, 0.1) is 0 Å². The molecule has 2 rings (SSSR count). The standard InChI is InChI=1S/C32H56N2O6Si2/c1-14-18-38-31(36)33-27-20-29(40-42(22(2)3,23(4)5)24(6)7)28(37-11)19-26(27)30(35)34-17-15-16-25(34)21-39-41(12,13)32(8,9)10/h14,19-20,22-25H,1,15-18,21H2,2-13H3,(H,33,36)/t25-/m0/s1. The van der Waals surface area contributed by atoms with Gasteiger partial charge in [0.2, 0.25) is 0 Å². The second kappa shape index (κ2) is 14.4. The molecule has 1 N–H and O–H groups in total. The Morgan fingerprint density at radius 3 is 2.17 bits per heavy atom. The number of ether oxygens (including phenoxy) is 2. The number of likely N-dealkylation sites (tertiary alicyclic amines) is 1. The van der Waals surface area contributed by atoms with Crippen LogP contribution in [-0.4, -0.2) is 66.4 Å². The summed E-state index contributed by atoms with van der Waals surface area (Å²) in [6.45, 7) is 29.1. The molecule has 8 nitrogen and oxygen atoms in total. The summed E-state index contributed by atoms with van der Waals surface area (Å²) in [6, 6.07) is 3.38. The highest BCUT2D eigenvalue weighted by Crippen LogP contribution is 2.46. The Kier molecular flexibility index (Phi) is 12.3. The second-order valence-corrected chi connectivity index (χ2v) is 24.0. The van der Waals surface area contributed by atoms with Gasteiger partial charge in [0.15, 0.2) is 14.1 Å². The normalized spacial score (nSPS) is 16.3. The first-order valence-electron chi connectivity index (χ1n) is 15.3. The molecule has 0 aliphatic carbocycles. The summed E-state index contributed by atoms with van der Waals surface area (Å²) in [6.07, 6.45) is 2.60. The van der Waals surface area contributed by atoms with Crippen molar-refractivity contribution < 1.29 is 27.9 Å². The van der Waals surface area contributed by atoms with Crippen molar-refractivity contribution in [1.82, 2.24) is 4.90 Å². The molecule has 10 heteroatoms. The van der Waals surface area contributed by atoms with Crippen molar-refractivity contribution >= 4 is 34.3 Å². The van der Waals surface area contributed by atoms with Gasteiger partial charge in [-0.3, -0.25) is 10.1 Å². The molecule has 1 heterocycles. The van der Waals surface area contributed by atoms with Crippen LogP contribution in [-0.2, 0) is 9.16 Å². The molecule has 0 radical (unpaired) electrons.